The van der Waals surface area contributed by atoms with Crippen LogP contribution in [0.1, 0.15) is 26.7 Å². The van der Waals surface area contributed by atoms with Crippen LogP contribution in [0.25, 0.3) is 10.9 Å². The maximum absolute atomic E-state index is 4.60. The second-order valence-corrected chi connectivity index (χ2v) is 7.21. The van der Waals surface area contributed by atoms with Crippen molar-refractivity contribution in [2.24, 2.45) is 0 Å². The van der Waals surface area contributed by atoms with Crippen molar-refractivity contribution in [1.29, 1.82) is 0 Å². The number of aromatic nitrogens is 2. The molecular weight excluding hydrogens is 298 g/mol. The van der Waals surface area contributed by atoms with Gasteiger partial charge in [-0.2, -0.15) is 0 Å². The summed E-state index contributed by atoms with van der Waals surface area (Å²) >= 11 is 0. The molecule has 2 aromatic rings. The molecule has 3 heterocycles. The number of fused-ring (bicyclic) bond motifs is 1. The van der Waals surface area contributed by atoms with E-state index in [9.17, 15) is 0 Å². The van der Waals surface area contributed by atoms with Gasteiger partial charge in [-0.1, -0.05) is 0 Å². The molecule has 0 atom stereocenters. The lowest BCUT2D eigenvalue weighted by molar-refractivity contribution is 0.209. The van der Waals surface area contributed by atoms with Crippen LogP contribution in [0.5, 0.6) is 0 Å². The highest BCUT2D eigenvalue weighted by atomic mass is 15.3. The molecule has 0 aliphatic carbocycles. The lowest BCUT2D eigenvalue weighted by atomic mass is 10.1. The van der Waals surface area contributed by atoms with E-state index in [0.717, 1.165) is 50.6 Å². The molecule has 1 aromatic carbocycles. The van der Waals surface area contributed by atoms with Crippen LogP contribution in [0.4, 0.5) is 11.5 Å². The Balaban J connectivity index is 1.62. The Kier molecular flexibility index (Phi) is 4.27. The molecule has 2 aliphatic heterocycles. The molecule has 5 heteroatoms. The summed E-state index contributed by atoms with van der Waals surface area (Å²) in [6.07, 6.45) is 4.24. The van der Waals surface area contributed by atoms with Crippen molar-refractivity contribution < 1.29 is 0 Å². The molecule has 0 spiro atoms. The van der Waals surface area contributed by atoms with Gasteiger partial charge in [0.15, 0.2) is 0 Å². The first-order valence-corrected chi connectivity index (χ1v) is 9.21. The summed E-state index contributed by atoms with van der Waals surface area (Å²) in [6.45, 7) is 11.3. The van der Waals surface area contributed by atoms with E-state index in [4.69, 9.17) is 0 Å². The minimum Gasteiger partial charge on any atom is -0.369 e. The highest BCUT2D eigenvalue weighted by Gasteiger charge is 2.21. The summed E-state index contributed by atoms with van der Waals surface area (Å²) in [5, 5.41) is 1.20. The Morgan fingerprint density at radius 1 is 0.875 bits per heavy atom. The van der Waals surface area contributed by atoms with Gasteiger partial charge >= 0.3 is 0 Å². The van der Waals surface area contributed by atoms with Gasteiger partial charge in [-0.25, -0.2) is 9.97 Å². The fourth-order valence-electron chi connectivity index (χ4n) is 3.91. The highest BCUT2D eigenvalue weighted by molar-refractivity contribution is 5.92. The predicted octanol–water partition coefficient (Wildman–Crippen LogP) is 2.76. The van der Waals surface area contributed by atoms with E-state index in [0.29, 0.717) is 6.04 Å². The number of rotatable bonds is 3. The minimum atomic E-state index is 0.638. The van der Waals surface area contributed by atoms with Crippen LogP contribution in [0, 0.1) is 0 Å². The van der Waals surface area contributed by atoms with E-state index in [1.807, 2.05) is 0 Å². The third-order valence-corrected chi connectivity index (χ3v) is 5.41. The van der Waals surface area contributed by atoms with Gasteiger partial charge < -0.3 is 9.80 Å². The fraction of sp³-hybridized carbons (Fsp3) is 0.579. The average molecular weight is 325 g/mol. The highest BCUT2D eigenvalue weighted by Crippen LogP contribution is 2.30. The van der Waals surface area contributed by atoms with Crippen LogP contribution in [0.2, 0.25) is 0 Å². The van der Waals surface area contributed by atoms with Crippen molar-refractivity contribution in [1.82, 2.24) is 14.9 Å². The Morgan fingerprint density at radius 3 is 2.33 bits per heavy atom. The molecule has 5 nitrogen and oxygen atoms in total. The van der Waals surface area contributed by atoms with Crippen molar-refractivity contribution in [3.8, 4) is 0 Å². The molecule has 128 valence electrons. The SMILES string of the molecule is CC(C)N1CCN(c2ccc3ncnc(N4CCCC4)c3c2)CC1. The van der Waals surface area contributed by atoms with Crippen LogP contribution >= 0.6 is 0 Å². The van der Waals surface area contributed by atoms with Crippen LogP contribution < -0.4 is 9.80 Å². The topological polar surface area (TPSA) is 35.5 Å². The first-order valence-electron chi connectivity index (χ1n) is 9.21. The van der Waals surface area contributed by atoms with E-state index in [1.54, 1.807) is 6.33 Å². The van der Waals surface area contributed by atoms with Crippen LogP contribution in [-0.2, 0) is 0 Å². The summed E-state index contributed by atoms with van der Waals surface area (Å²) in [7, 11) is 0. The smallest absolute Gasteiger partial charge is 0.139 e. The van der Waals surface area contributed by atoms with E-state index in [1.165, 1.54) is 23.9 Å². The molecule has 2 saturated heterocycles. The first kappa shape index (κ1) is 15.6. The quantitative estimate of drug-likeness (QED) is 0.867. The van der Waals surface area contributed by atoms with E-state index >= 15 is 0 Å². The van der Waals surface area contributed by atoms with E-state index in [2.05, 4.69) is 56.7 Å². The van der Waals surface area contributed by atoms with Gasteiger partial charge in [0.05, 0.1) is 5.52 Å². The van der Waals surface area contributed by atoms with Crippen molar-refractivity contribution in [3.63, 3.8) is 0 Å². The molecule has 2 aliphatic rings. The summed E-state index contributed by atoms with van der Waals surface area (Å²) in [4.78, 5) is 16.5. The normalized spacial score (nSPS) is 19.6. The van der Waals surface area contributed by atoms with Gasteiger partial charge in [0.1, 0.15) is 12.1 Å². The van der Waals surface area contributed by atoms with Crippen LogP contribution in [0.15, 0.2) is 24.5 Å². The zero-order valence-corrected chi connectivity index (χ0v) is 14.8. The van der Waals surface area contributed by atoms with Gasteiger partial charge in [-0.05, 0) is 44.9 Å². The molecule has 2 fully saturated rings. The van der Waals surface area contributed by atoms with Crippen molar-refractivity contribution in [2.75, 3.05) is 49.1 Å². The average Bonchev–Trinajstić information content (AvgIpc) is 3.15. The molecule has 0 radical (unpaired) electrons. The molecule has 0 saturated carbocycles. The largest absolute Gasteiger partial charge is 0.369 e. The zero-order chi connectivity index (χ0) is 16.5. The Hall–Kier alpha value is -1.88. The maximum atomic E-state index is 4.60. The standard InChI is InChI=1S/C19H27N5/c1-15(2)22-9-11-23(12-10-22)16-5-6-18-17(13-16)19(21-14-20-18)24-7-3-4-8-24/h5-6,13-15H,3-4,7-12H2,1-2H3. The van der Waals surface area contributed by atoms with Crippen LogP contribution in [-0.4, -0.2) is 60.2 Å². The number of benzene rings is 1. The first-order chi connectivity index (χ1) is 11.7. The molecule has 0 N–H and O–H groups in total. The molecule has 0 bridgehead atoms. The summed E-state index contributed by atoms with van der Waals surface area (Å²) in [6, 6.07) is 7.31. The predicted molar refractivity (Wildman–Crippen MR) is 99.9 cm³/mol. The summed E-state index contributed by atoms with van der Waals surface area (Å²) in [5.74, 6) is 1.11. The van der Waals surface area contributed by atoms with E-state index in [-0.39, 0.29) is 0 Å². The maximum Gasteiger partial charge on any atom is 0.139 e. The summed E-state index contributed by atoms with van der Waals surface area (Å²) < 4.78 is 0. The van der Waals surface area contributed by atoms with Gasteiger partial charge in [-0.15, -0.1) is 0 Å². The van der Waals surface area contributed by atoms with Gasteiger partial charge in [0, 0.05) is 56.4 Å². The Labute approximate surface area is 144 Å². The van der Waals surface area contributed by atoms with Gasteiger partial charge in [0.2, 0.25) is 0 Å². The number of hydrogen-bond donors (Lipinski definition) is 0. The Bertz CT molecular complexity index is 700. The lowest BCUT2D eigenvalue weighted by Crippen LogP contribution is -2.48. The molecule has 24 heavy (non-hydrogen) atoms. The van der Waals surface area contributed by atoms with Crippen molar-refractivity contribution in [2.45, 2.75) is 32.7 Å². The minimum absolute atomic E-state index is 0.638. The zero-order valence-electron chi connectivity index (χ0n) is 14.8. The Morgan fingerprint density at radius 2 is 1.62 bits per heavy atom. The monoisotopic (exact) mass is 325 g/mol. The lowest BCUT2D eigenvalue weighted by Gasteiger charge is -2.38. The number of nitrogens with zero attached hydrogens (tertiary/aromatic N) is 5. The van der Waals surface area contributed by atoms with Gasteiger partial charge in [-0.3, -0.25) is 4.90 Å². The van der Waals surface area contributed by atoms with E-state index < -0.39 is 0 Å². The molecular formula is C19H27N5. The van der Waals surface area contributed by atoms with Gasteiger partial charge in [0.25, 0.3) is 0 Å². The number of piperazine rings is 1. The van der Waals surface area contributed by atoms with Crippen molar-refractivity contribution >= 4 is 22.4 Å². The summed E-state index contributed by atoms with van der Waals surface area (Å²) in [5.41, 5.74) is 2.36. The fourth-order valence-corrected chi connectivity index (χ4v) is 3.91. The molecule has 4 rings (SSSR count). The third-order valence-electron chi connectivity index (χ3n) is 5.41. The molecule has 0 unspecified atom stereocenters. The van der Waals surface area contributed by atoms with Crippen LogP contribution in [0.3, 0.4) is 0 Å². The van der Waals surface area contributed by atoms with Crippen molar-refractivity contribution in [3.05, 3.63) is 24.5 Å². The third kappa shape index (κ3) is 2.93. The second kappa shape index (κ2) is 6.55. The molecule has 0 amide bonds. The second-order valence-electron chi connectivity index (χ2n) is 7.21. The number of hydrogen-bond acceptors (Lipinski definition) is 5. The molecule has 1 aromatic heterocycles. The number of anilines is 2.